The Labute approximate surface area is 188 Å². The maximum Gasteiger partial charge on any atom is 0.207 e. The predicted molar refractivity (Wildman–Crippen MR) is 111 cm³/mol. The number of carbonyl (C=O) groups excluding carboxylic acids is 1. The lowest BCUT2D eigenvalue weighted by Gasteiger charge is -2.13. The zero-order valence-corrected chi connectivity index (χ0v) is 18.0. The van der Waals surface area contributed by atoms with E-state index < -0.39 is 41.4 Å². The molecule has 3 rings (SSSR count). The van der Waals surface area contributed by atoms with E-state index in [1.165, 1.54) is 31.4 Å². The molecule has 0 bridgehead atoms. The van der Waals surface area contributed by atoms with E-state index in [1.54, 1.807) is 30.3 Å². The van der Waals surface area contributed by atoms with Crippen LogP contribution in [0.25, 0.3) is 6.08 Å². The van der Waals surface area contributed by atoms with Crippen LogP contribution in [-0.2, 0) is 6.61 Å². The predicted octanol–water partition coefficient (Wildman–Crippen LogP) is 6.63. The Kier molecular flexibility index (Phi) is 7.29. The summed E-state index contributed by atoms with van der Waals surface area (Å²) in [6.45, 7) is -0.553. The van der Waals surface area contributed by atoms with E-state index >= 15 is 0 Å². The summed E-state index contributed by atoms with van der Waals surface area (Å²) in [7, 11) is 1.34. The second-order valence-corrected chi connectivity index (χ2v) is 7.38. The molecule has 0 aliphatic rings. The highest BCUT2D eigenvalue weighted by Crippen LogP contribution is 2.31. The number of carbonyl (C=O) groups is 1. The maximum atomic E-state index is 13.8. The third kappa shape index (κ3) is 4.99. The van der Waals surface area contributed by atoms with E-state index in [-0.39, 0.29) is 17.1 Å². The molecule has 32 heavy (non-hydrogen) atoms. The Balaban J connectivity index is 1.84. The van der Waals surface area contributed by atoms with Crippen molar-refractivity contribution in [3.8, 4) is 11.5 Å². The number of hydrogen-bond acceptors (Lipinski definition) is 3. The fraction of sp³-hybridized carbons (Fsp3) is 0.0870. The average Bonchev–Trinajstić information content (AvgIpc) is 2.80. The third-order valence-corrected chi connectivity index (χ3v) is 4.88. The van der Waals surface area contributed by atoms with Crippen molar-refractivity contribution in [1.29, 1.82) is 0 Å². The van der Waals surface area contributed by atoms with E-state index in [9.17, 15) is 26.7 Å². The van der Waals surface area contributed by atoms with Crippen LogP contribution in [0.3, 0.4) is 0 Å². The summed E-state index contributed by atoms with van der Waals surface area (Å²) in [4.78, 5) is 12.3. The number of benzene rings is 3. The lowest BCUT2D eigenvalue weighted by atomic mass is 10.1. The fourth-order valence-corrected chi connectivity index (χ4v) is 3.19. The van der Waals surface area contributed by atoms with Gasteiger partial charge in [0.1, 0.15) is 12.4 Å². The molecule has 3 nitrogen and oxygen atoms in total. The number of rotatable bonds is 7. The van der Waals surface area contributed by atoms with Gasteiger partial charge in [0.05, 0.1) is 7.11 Å². The van der Waals surface area contributed by atoms with Gasteiger partial charge >= 0.3 is 0 Å². The average molecular weight is 513 g/mol. The molecule has 166 valence electrons. The zero-order chi connectivity index (χ0) is 23.4. The molecule has 9 heteroatoms. The lowest BCUT2D eigenvalue weighted by molar-refractivity contribution is 0.104. The van der Waals surface area contributed by atoms with Gasteiger partial charge in [0.25, 0.3) is 0 Å². The first kappa shape index (κ1) is 23.5. The van der Waals surface area contributed by atoms with Crippen molar-refractivity contribution in [2.45, 2.75) is 6.61 Å². The molecule has 0 spiro atoms. The van der Waals surface area contributed by atoms with Crippen LogP contribution in [0.1, 0.15) is 21.5 Å². The molecule has 0 amide bonds. The van der Waals surface area contributed by atoms with E-state index in [0.29, 0.717) is 11.1 Å². The van der Waals surface area contributed by atoms with Crippen molar-refractivity contribution in [3.05, 3.63) is 98.8 Å². The first-order valence-electron chi connectivity index (χ1n) is 9.02. The number of methoxy groups -OCH3 is 1. The van der Waals surface area contributed by atoms with Crippen molar-refractivity contribution in [1.82, 2.24) is 0 Å². The van der Waals surface area contributed by atoms with Gasteiger partial charge in [-0.05, 0) is 35.9 Å². The van der Waals surface area contributed by atoms with Crippen molar-refractivity contribution < 1.29 is 36.2 Å². The smallest absolute Gasteiger partial charge is 0.207 e. The van der Waals surface area contributed by atoms with Crippen LogP contribution in [-0.4, -0.2) is 12.9 Å². The monoisotopic (exact) mass is 512 g/mol. The molecular formula is C23H14BrF5O3. The van der Waals surface area contributed by atoms with Crippen molar-refractivity contribution in [3.63, 3.8) is 0 Å². The second-order valence-electron chi connectivity index (χ2n) is 6.47. The topological polar surface area (TPSA) is 35.5 Å². The number of ether oxygens (including phenoxy) is 2. The first-order valence-corrected chi connectivity index (χ1v) is 9.81. The second kappa shape index (κ2) is 9.95. The van der Waals surface area contributed by atoms with Gasteiger partial charge in [0.15, 0.2) is 11.5 Å². The standard InChI is InChI=1S/C23H14BrF5O3/c1-31-17-8-6-12(5-7-16(30)13-3-2-4-15(24)10-13)9-14(17)11-32-23-21(28)19(26)18(25)20(27)22(23)29/h2-10H,11H2,1H3/b7-5+. The van der Waals surface area contributed by atoms with E-state index in [0.717, 1.165) is 4.47 Å². The van der Waals surface area contributed by atoms with Crippen LogP contribution in [0.2, 0.25) is 0 Å². The molecule has 0 saturated carbocycles. The van der Waals surface area contributed by atoms with Gasteiger partial charge in [0, 0.05) is 15.6 Å². The summed E-state index contributed by atoms with van der Waals surface area (Å²) < 4.78 is 78.4. The minimum Gasteiger partial charge on any atom is -0.496 e. The Morgan fingerprint density at radius 3 is 2.22 bits per heavy atom. The summed E-state index contributed by atoms with van der Waals surface area (Å²) in [6, 6.07) is 11.4. The van der Waals surface area contributed by atoms with Crippen LogP contribution in [0.4, 0.5) is 22.0 Å². The highest BCUT2D eigenvalue weighted by atomic mass is 79.9. The Hall–Kier alpha value is -3.20. The Morgan fingerprint density at radius 2 is 1.59 bits per heavy atom. The molecule has 0 radical (unpaired) electrons. The summed E-state index contributed by atoms with van der Waals surface area (Å²) in [6.07, 6.45) is 2.84. The van der Waals surface area contributed by atoms with Crippen LogP contribution in [0.5, 0.6) is 11.5 Å². The van der Waals surface area contributed by atoms with Gasteiger partial charge in [-0.1, -0.05) is 40.2 Å². The Bertz CT molecular complexity index is 1180. The zero-order valence-electron chi connectivity index (χ0n) is 16.4. The van der Waals surface area contributed by atoms with Crippen molar-refractivity contribution in [2.75, 3.05) is 7.11 Å². The molecule has 0 aliphatic heterocycles. The largest absolute Gasteiger partial charge is 0.496 e. The quantitative estimate of drug-likeness (QED) is 0.117. The number of ketones is 1. The van der Waals surface area contributed by atoms with E-state index in [2.05, 4.69) is 15.9 Å². The highest BCUT2D eigenvalue weighted by Gasteiger charge is 2.27. The van der Waals surface area contributed by atoms with Crippen molar-refractivity contribution >= 4 is 27.8 Å². The fourth-order valence-electron chi connectivity index (χ4n) is 2.79. The molecule has 0 fully saturated rings. The molecule has 0 aromatic heterocycles. The van der Waals surface area contributed by atoms with Crippen molar-refractivity contribution in [2.24, 2.45) is 0 Å². The van der Waals surface area contributed by atoms with Crippen LogP contribution >= 0.6 is 15.9 Å². The van der Waals surface area contributed by atoms with Gasteiger partial charge in [-0.25, -0.2) is 13.2 Å². The third-order valence-electron chi connectivity index (χ3n) is 4.38. The van der Waals surface area contributed by atoms with E-state index in [4.69, 9.17) is 9.47 Å². The maximum absolute atomic E-state index is 13.8. The lowest BCUT2D eigenvalue weighted by Crippen LogP contribution is -2.07. The molecule has 0 aliphatic carbocycles. The van der Waals surface area contributed by atoms with Crippen LogP contribution < -0.4 is 9.47 Å². The summed E-state index contributed by atoms with van der Waals surface area (Å²) in [5.74, 6) is -12.0. The molecule has 0 N–H and O–H groups in total. The molecule has 0 atom stereocenters. The first-order chi connectivity index (χ1) is 15.2. The minimum atomic E-state index is -2.27. The molecule has 3 aromatic rings. The van der Waals surface area contributed by atoms with Gasteiger partial charge in [-0.15, -0.1) is 0 Å². The number of halogens is 6. The minimum absolute atomic E-state index is 0.254. The summed E-state index contributed by atoms with van der Waals surface area (Å²) in [5.41, 5.74) is 1.23. The highest BCUT2D eigenvalue weighted by molar-refractivity contribution is 9.10. The molecule has 3 aromatic carbocycles. The summed E-state index contributed by atoms with van der Waals surface area (Å²) in [5, 5.41) is 0. The molecule has 0 unspecified atom stereocenters. The Morgan fingerprint density at radius 1 is 0.938 bits per heavy atom. The number of allylic oxidation sites excluding steroid dienone is 1. The normalized spacial score (nSPS) is 11.1. The van der Waals surface area contributed by atoms with E-state index in [1.807, 2.05) is 0 Å². The number of hydrogen-bond donors (Lipinski definition) is 0. The van der Waals surface area contributed by atoms with Crippen LogP contribution in [0, 0.1) is 29.1 Å². The van der Waals surface area contributed by atoms with Gasteiger partial charge in [-0.2, -0.15) is 8.78 Å². The van der Waals surface area contributed by atoms with Gasteiger partial charge in [0.2, 0.25) is 29.1 Å². The van der Waals surface area contributed by atoms with Gasteiger partial charge < -0.3 is 9.47 Å². The van der Waals surface area contributed by atoms with Gasteiger partial charge in [-0.3, -0.25) is 4.79 Å². The van der Waals surface area contributed by atoms with Crippen LogP contribution in [0.15, 0.2) is 53.0 Å². The molecular weight excluding hydrogens is 499 g/mol. The molecule has 0 saturated heterocycles. The SMILES string of the molecule is COc1ccc(/C=C/C(=O)c2cccc(Br)c2)cc1COc1c(F)c(F)c(F)c(F)c1F. The summed E-state index contributed by atoms with van der Waals surface area (Å²) >= 11 is 3.29. The molecule has 0 heterocycles.